The Hall–Kier alpha value is -2.99. The highest BCUT2D eigenvalue weighted by Gasteiger charge is 2.16. The number of hydrogen-bond donors (Lipinski definition) is 2. The fourth-order valence-electron chi connectivity index (χ4n) is 2.33. The fraction of sp³-hybridized carbons (Fsp3) is 0.167. The molecular weight excluding hydrogens is 304 g/mol. The van der Waals surface area contributed by atoms with Gasteiger partial charge >= 0.3 is 0 Å². The zero-order valence-corrected chi connectivity index (χ0v) is 13.3. The summed E-state index contributed by atoms with van der Waals surface area (Å²) in [7, 11) is 0. The second-order valence-electron chi connectivity index (χ2n) is 5.29. The van der Waals surface area contributed by atoms with Crippen LogP contribution in [0.4, 0.5) is 5.82 Å². The molecular formula is C18H18N4O2. The summed E-state index contributed by atoms with van der Waals surface area (Å²) in [6, 6.07) is 11.5. The first kappa shape index (κ1) is 15.9. The van der Waals surface area contributed by atoms with Crippen molar-refractivity contribution in [2.24, 2.45) is 0 Å². The third-order valence-electron chi connectivity index (χ3n) is 3.51. The lowest BCUT2D eigenvalue weighted by molar-refractivity contribution is 0.197. The van der Waals surface area contributed by atoms with Crippen LogP contribution in [0.3, 0.4) is 0 Å². The minimum Gasteiger partial charge on any atom is -0.475 e. The van der Waals surface area contributed by atoms with Crippen molar-refractivity contribution < 1.29 is 9.84 Å². The summed E-state index contributed by atoms with van der Waals surface area (Å²) in [6.07, 6.45) is 3.33. The highest BCUT2D eigenvalue weighted by molar-refractivity contribution is 5.80. The van der Waals surface area contributed by atoms with E-state index in [1.54, 1.807) is 24.5 Å². The van der Waals surface area contributed by atoms with Gasteiger partial charge in [0.05, 0.1) is 12.2 Å². The van der Waals surface area contributed by atoms with Gasteiger partial charge < -0.3 is 15.6 Å². The van der Waals surface area contributed by atoms with Gasteiger partial charge in [0.15, 0.2) is 5.82 Å². The first-order valence-electron chi connectivity index (χ1n) is 7.57. The van der Waals surface area contributed by atoms with E-state index in [2.05, 4.69) is 15.0 Å². The minimum absolute atomic E-state index is 0.109. The highest BCUT2D eigenvalue weighted by Crippen LogP contribution is 2.34. The predicted molar refractivity (Wildman–Crippen MR) is 92.4 cm³/mol. The van der Waals surface area contributed by atoms with E-state index in [4.69, 9.17) is 15.6 Å². The van der Waals surface area contributed by atoms with Crippen molar-refractivity contribution in [3.8, 4) is 28.4 Å². The molecule has 3 aromatic rings. The van der Waals surface area contributed by atoms with Gasteiger partial charge in [0.1, 0.15) is 12.4 Å². The number of nitrogens with zero attached hydrogens (tertiary/aromatic N) is 3. The van der Waals surface area contributed by atoms with Crippen LogP contribution in [0.15, 0.2) is 48.8 Å². The van der Waals surface area contributed by atoms with Gasteiger partial charge in [-0.3, -0.25) is 4.98 Å². The molecule has 0 aliphatic heterocycles. The Balaban J connectivity index is 2.12. The summed E-state index contributed by atoms with van der Waals surface area (Å²) in [6.45, 7) is 2.03. The van der Waals surface area contributed by atoms with Crippen molar-refractivity contribution in [3.63, 3.8) is 0 Å². The van der Waals surface area contributed by atoms with Crippen molar-refractivity contribution in [2.75, 3.05) is 18.9 Å². The Bertz CT molecular complexity index is 820. The summed E-state index contributed by atoms with van der Waals surface area (Å²) in [4.78, 5) is 12.9. The number of aliphatic hydroxyl groups excluding tert-OH is 1. The van der Waals surface area contributed by atoms with Crippen LogP contribution in [0.5, 0.6) is 5.88 Å². The molecule has 1 aromatic carbocycles. The molecule has 0 radical (unpaired) electrons. The van der Waals surface area contributed by atoms with E-state index in [1.807, 2.05) is 31.2 Å². The number of nitrogen functional groups attached to an aromatic ring is 1. The number of benzene rings is 1. The third kappa shape index (κ3) is 3.33. The minimum atomic E-state index is -0.109. The van der Waals surface area contributed by atoms with Crippen LogP contribution >= 0.6 is 0 Å². The van der Waals surface area contributed by atoms with Crippen LogP contribution < -0.4 is 10.5 Å². The molecule has 0 bridgehead atoms. The number of anilines is 1. The SMILES string of the molecule is Cc1ccc(-c2c(N)nc(-c3ccncc3)nc2OCCO)cc1. The smallest absolute Gasteiger partial charge is 0.227 e. The van der Waals surface area contributed by atoms with Gasteiger partial charge in [-0.05, 0) is 24.6 Å². The molecule has 0 saturated heterocycles. The van der Waals surface area contributed by atoms with E-state index >= 15 is 0 Å². The Labute approximate surface area is 140 Å². The average Bonchev–Trinajstić information content (AvgIpc) is 2.61. The summed E-state index contributed by atoms with van der Waals surface area (Å²) in [5.41, 5.74) is 9.62. The molecule has 0 unspecified atom stereocenters. The highest BCUT2D eigenvalue weighted by atomic mass is 16.5. The molecule has 0 amide bonds. The normalized spacial score (nSPS) is 10.6. The standard InChI is InChI=1S/C18H18N4O2/c1-12-2-4-13(5-3-12)15-16(19)21-17(14-6-8-20-9-7-14)22-18(15)24-11-10-23/h2-9,23H,10-11H2,1H3,(H2,19,21,22). The summed E-state index contributed by atoms with van der Waals surface area (Å²) in [5.74, 6) is 1.14. The third-order valence-corrected chi connectivity index (χ3v) is 3.51. The molecule has 3 N–H and O–H groups in total. The van der Waals surface area contributed by atoms with Gasteiger partial charge in [0, 0.05) is 18.0 Å². The van der Waals surface area contributed by atoms with E-state index in [9.17, 15) is 0 Å². The lowest BCUT2D eigenvalue weighted by Gasteiger charge is -2.14. The lowest BCUT2D eigenvalue weighted by Crippen LogP contribution is -2.08. The molecule has 2 aromatic heterocycles. The molecule has 0 aliphatic carbocycles. The van der Waals surface area contributed by atoms with Gasteiger partial charge in [-0.1, -0.05) is 29.8 Å². The van der Waals surface area contributed by atoms with Gasteiger partial charge in [0.25, 0.3) is 0 Å². The average molecular weight is 322 g/mol. The summed E-state index contributed by atoms with van der Waals surface area (Å²) < 4.78 is 5.62. The quantitative estimate of drug-likeness (QED) is 0.749. The number of nitrogens with two attached hydrogens (primary N) is 1. The van der Waals surface area contributed by atoms with Crippen LogP contribution in [-0.4, -0.2) is 33.3 Å². The van der Waals surface area contributed by atoms with Gasteiger partial charge in [0.2, 0.25) is 5.88 Å². The molecule has 0 fully saturated rings. The Kier molecular flexibility index (Phi) is 4.67. The number of hydrogen-bond acceptors (Lipinski definition) is 6. The van der Waals surface area contributed by atoms with Gasteiger partial charge in [-0.2, -0.15) is 4.98 Å². The summed E-state index contributed by atoms with van der Waals surface area (Å²) >= 11 is 0. The molecule has 6 nitrogen and oxygen atoms in total. The fourth-order valence-corrected chi connectivity index (χ4v) is 2.33. The maximum Gasteiger partial charge on any atom is 0.227 e. The molecule has 24 heavy (non-hydrogen) atoms. The zero-order valence-electron chi connectivity index (χ0n) is 13.3. The van der Waals surface area contributed by atoms with Gasteiger partial charge in [-0.25, -0.2) is 4.98 Å². The molecule has 0 aliphatic rings. The molecule has 6 heteroatoms. The maximum atomic E-state index is 9.07. The van der Waals surface area contributed by atoms with Crippen molar-refractivity contribution in [1.82, 2.24) is 15.0 Å². The van der Waals surface area contributed by atoms with Crippen molar-refractivity contribution >= 4 is 5.82 Å². The Morgan fingerprint density at radius 2 is 1.71 bits per heavy atom. The second-order valence-corrected chi connectivity index (χ2v) is 5.29. The molecule has 122 valence electrons. The summed E-state index contributed by atoms with van der Waals surface area (Å²) in [5, 5.41) is 9.07. The van der Waals surface area contributed by atoms with Crippen LogP contribution in [0, 0.1) is 6.92 Å². The number of rotatable bonds is 5. The zero-order chi connectivity index (χ0) is 16.9. The van der Waals surface area contributed by atoms with Crippen LogP contribution in [0.25, 0.3) is 22.5 Å². The van der Waals surface area contributed by atoms with Crippen molar-refractivity contribution in [1.29, 1.82) is 0 Å². The molecule has 0 saturated carbocycles. The second kappa shape index (κ2) is 7.06. The number of aromatic nitrogens is 3. The molecule has 3 rings (SSSR count). The maximum absolute atomic E-state index is 9.07. The molecule has 2 heterocycles. The lowest BCUT2D eigenvalue weighted by atomic mass is 10.1. The van der Waals surface area contributed by atoms with Gasteiger partial charge in [-0.15, -0.1) is 0 Å². The Morgan fingerprint density at radius 3 is 2.38 bits per heavy atom. The molecule has 0 atom stereocenters. The number of aryl methyl sites for hydroxylation is 1. The van der Waals surface area contributed by atoms with Crippen LogP contribution in [0.2, 0.25) is 0 Å². The van der Waals surface area contributed by atoms with Crippen molar-refractivity contribution in [3.05, 3.63) is 54.4 Å². The largest absolute Gasteiger partial charge is 0.475 e. The topological polar surface area (TPSA) is 94.2 Å². The van der Waals surface area contributed by atoms with E-state index in [1.165, 1.54) is 0 Å². The van der Waals surface area contributed by atoms with E-state index < -0.39 is 0 Å². The molecule has 0 spiro atoms. The van der Waals surface area contributed by atoms with Crippen LogP contribution in [0.1, 0.15) is 5.56 Å². The Morgan fingerprint density at radius 1 is 1.00 bits per heavy atom. The van der Waals surface area contributed by atoms with Crippen molar-refractivity contribution in [2.45, 2.75) is 6.92 Å². The van der Waals surface area contributed by atoms with Crippen LogP contribution in [-0.2, 0) is 0 Å². The monoisotopic (exact) mass is 322 g/mol. The van der Waals surface area contributed by atoms with E-state index in [0.717, 1.165) is 16.7 Å². The first-order valence-corrected chi connectivity index (χ1v) is 7.57. The first-order chi connectivity index (χ1) is 11.7. The number of pyridine rings is 1. The van der Waals surface area contributed by atoms with E-state index in [0.29, 0.717) is 23.1 Å². The number of aliphatic hydroxyl groups is 1. The number of ether oxygens (including phenoxy) is 1. The van der Waals surface area contributed by atoms with E-state index in [-0.39, 0.29) is 13.2 Å². The predicted octanol–water partition coefficient (Wildman–Crippen LogP) is 2.47.